The van der Waals surface area contributed by atoms with Gasteiger partial charge < -0.3 is 24.6 Å². The molecule has 768 valence electrons. The first kappa shape index (κ1) is 150. The Morgan fingerprint density at radius 2 is 0.727 bits per heavy atom. The van der Waals surface area contributed by atoms with Crippen molar-refractivity contribution in [2.24, 2.45) is 5.41 Å². The molecule has 0 aliphatic heterocycles. The van der Waals surface area contributed by atoms with Gasteiger partial charge in [-0.1, -0.05) is 636 Å². The van der Waals surface area contributed by atoms with Crippen molar-refractivity contribution in [3.63, 3.8) is 0 Å². The van der Waals surface area contributed by atoms with Crippen molar-refractivity contribution in [3.8, 4) is 0 Å². The second-order valence-corrected chi connectivity index (χ2v) is 50.0. The highest BCUT2D eigenvalue weighted by Crippen LogP contribution is 2.48. The van der Waals surface area contributed by atoms with E-state index < -0.39 is 11.0 Å². The molecule has 2 aliphatic rings. The van der Waals surface area contributed by atoms with Crippen LogP contribution >= 0.6 is 423 Å². The van der Waals surface area contributed by atoms with Gasteiger partial charge in [0.2, 0.25) is 0 Å². The lowest BCUT2D eigenvalue weighted by molar-refractivity contribution is -0.144. The van der Waals surface area contributed by atoms with Crippen LogP contribution < -0.4 is 0 Å². The van der Waals surface area contributed by atoms with Crippen LogP contribution in [0.5, 0.6) is 0 Å². The van der Waals surface area contributed by atoms with Crippen LogP contribution in [0.15, 0.2) is 133 Å². The lowest BCUT2D eigenvalue weighted by Crippen LogP contribution is -2.33. The second kappa shape index (κ2) is 109. The second-order valence-electron chi connectivity index (χ2n) is 29.2. The first-order valence-electron chi connectivity index (χ1n) is 44.1. The summed E-state index contributed by atoms with van der Waals surface area (Å²) in [5, 5.41) is 25.2. The normalized spacial score (nSPS) is 14.9. The van der Waals surface area contributed by atoms with E-state index in [4.69, 9.17) is 42.9 Å². The van der Waals surface area contributed by atoms with Gasteiger partial charge in [-0.25, -0.2) is 0 Å². The summed E-state index contributed by atoms with van der Waals surface area (Å²) in [5.74, 6) is 0.880. The average molecular weight is 3620 g/mol. The Morgan fingerprint density at radius 1 is 0.447 bits per heavy atom. The number of hydrogen-bond donors (Lipinski definition) is 2. The molecule has 132 heavy (non-hydrogen) atoms. The minimum absolute atomic E-state index is 0. The number of ketones is 1. The van der Waals surface area contributed by atoms with Crippen molar-refractivity contribution < 1.29 is 47.2 Å². The number of aliphatic hydroxyl groups is 2. The van der Waals surface area contributed by atoms with Crippen LogP contribution in [0.1, 0.15) is 256 Å². The minimum atomic E-state index is -4.12. The third-order valence-electron chi connectivity index (χ3n) is 18.4. The number of esters is 2. The number of halogens is 28. The van der Waals surface area contributed by atoms with E-state index in [1.807, 2.05) is 72.6 Å². The number of hydrogen-bond acceptors (Lipinski definition) is 8. The predicted octanol–water partition coefficient (Wildman–Crippen LogP) is 40.4. The number of benzene rings is 5. The van der Waals surface area contributed by atoms with Crippen molar-refractivity contribution in [2.45, 2.75) is 247 Å². The van der Waals surface area contributed by atoms with Gasteiger partial charge in [0.1, 0.15) is 14.5 Å². The van der Waals surface area contributed by atoms with Gasteiger partial charge in [0, 0.05) is 108 Å². The molecule has 0 bridgehead atoms. The van der Waals surface area contributed by atoms with Crippen molar-refractivity contribution in [2.75, 3.05) is 118 Å². The van der Waals surface area contributed by atoms with Gasteiger partial charge in [-0.2, -0.15) is 13.2 Å². The van der Waals surface area contributed by atoms with Gasteiger partial charge in [-0.05, 0) is 139 Å². The Kier molecular flexibility index (Phi) is 124. The molecule has 2 N–H and O–H groups in total. The molecular weight excluding hydrogens is 3480 g/mol. The molecule has 8 nitrogen and oxygen atoms in total. The zero-order valence-electron chi connectivity index (χ0n) is 76.3. The first-order chi connectivity index (χ1) is 63.4. The fraction of sp³-hybridized carbons (Fsp3) is 0.656. The molecule has 1 saturated carbocycles. The molecule has 0 spiro atoms. The molecule has 0 aromatic heterocycles. The maximum Gasteiger partial charge on any atom is 0.402 e. The fourth-order valence-electron chi connectivity index (χ4n) is 10.5. The summed E-state index contributed by atoms with van der Waals surface area (Å²) in [6, 6.07) is 45.0. The summed E-state index contributed by atoms with van der Waals surface area (Å²) < 4.78 is 49.1. The Hall–Kier alpha value is 7.25. The molecule has 5 aromatic carbocycles. The predicted molar refractivity (Wildman–Crippen MR) is 683 cm³/mol. The molecule has 7 rings (SSSR count). The minimum Gasteiger partial charge on any atom is -0.465 e. The zero-order valence-corrected chi connectivity index (χ0v) is 117. The van der Waals surface area contributed by atoms with E-state index in [0.29, 0.717) is 48.5 Å². The van der Waals surface area contributed by atoms with E-state index in [-0.39, 0.29) is 70.6 Å². The SMILES string of the molecule is BrCCCCCCBr.BrCCCCCCCCCCCCBr.BrCc1ccc(CBr)cc1.Br[C@H](c1ccccc1)[C@@H](Br)c1ccccc1.Br[C@H]1CCCC[C@@H]1Br.CCOC(=O)[C@H](Br)CC[C@H](Br)C(=O)OCC.CI.CN(CCCl)CCCl.FC(F)(F)C(Br)CBr.ICCCCCCCCI.ICCCI.O=C1c2ccccc2C(Br)C(Br)c2ccccc21.OCC(CO)(CBr)CBr. The van der Waals surface area contributed by atoms with Crippen LogP contribution in [0.4, 0.5) is 13.2 Å². The van der Waals surface area contributed by atoms with Gasteiger partial charge in [-0.3, -0.25) is 14.4 Å². The van der Waals surface area contributed by atoms with Gasteiger partial charge in [0.25, 0.3) is 0 Å². The van der Waals surface area contributed by atoms with E-state index in [1.165, 1.54) is 211 Å². The number of fused-ring (bicyclic) bond motifs is 2. The zero-order chi connectivity index (χ0) is 101. The molecule has 36 heteroatoms. The van der Waals surface area contributed by atoms with Gasteiger partial charge in [0.15, 0.2) is 5.78 Å². The molecule has 0 heterocycles. The van der Waals surface area contributed by atoms with Crippen molar-refractivity contribution >= 4 is 441 Å². The van der Waals surface area contributed by atoms with E-state index >= 15 is 0 Å². The summed E-state index contributed by atoms with van der Waals surface area (Å²) >= 11 is 83.3. The quantitative estimate of drug-likeness (QED) is 0.0171. The molecule has 5 aromatic rings. The van der Waals surface area contributed by atoms with E-state index in [0.717, 1.165) is 66.3 Å². The van der Waals surface area contributed by atoms with E-state index in [9.17, 15) is 27.6 Å². The maximum atomic E-state index is 12.6. The molecule has 2 aliphatic carbocycles. The average Bonchev–Trinajstić information content (AvgIpc) is 1.64. The van der Waals surface area contributed by atoms with Crippen LogP contribution in [-0.2, 0) is 29.7 Å². The number of ether oxygens (including phenoxy) is 2. The summed E-state index contributed by atoms with van der Waals surface area (Å²) in [4.78, 5) is 39.2. The molecule has 0 saturated heterocycles. The summed E-state index contributed by atoms with van der Waals surface area (Å²) in [7, 11) is 2.00. The van der Waals surface area contributed by atoms with E-state index in [1.54, 1.807) is 13.8 Å². The maximum absolute atomic E-state index is 12.6. The third kappa shape index (κ3) is 85.9. The van der Waals surface area contributed by atoms with Gasteiger partial charge in [0.05, 0.1) is 45.7 Å². The smallest absolute Gasteiger partial charge is 0.402 e. The number of rotatable bonds is 46. The highest BCUT2D eigenvalue weighted by molar-refractivity contribution is 14.1. The summed E-state index contributed by atoms with van der Waals surface area (Å²) in [6.45, 7) is 6.07. The standard InChI is InChI=1S/C15H10Br2O.C14H12Br2.C12H24Br2.C10H16Br2O4.C8H8Br2.C8H16I2.C6H10Br2.C6H12Br2.C5H10Br2O2.C5H11Cl2N.C3H3Br2F3.C3H6I2.CH3I/c16-13-9-5-1-3-7-11(9)15(18)12-8-4-2-6-10(12)14(13)17;15-13(11-7-3-1-4-8-11)14(16)12-9-5-2-6-10-12;13-11-9-7-5-3-1-2-4-6-8-10-12-14;1-3-15-9(13)7(11)5-6-8(12)10(14)16-4-2;9-5-7-1-2-8(6-10)4-3-7;9-7-5-3-1-2-4-6-8-10;7-5-3-1-2-4-6(5)8;7-5-3-1-2-4-6-8;6-1-5(2-7,3-8)4-9;1-8(4-2-6)5-3-7;4-1-2(5)3(6,7)8;4-2-1-3-5;1-2/h1-8,13-14H;1-10,13-14H;1-12H2;7-8H,3-6H2,1-2H3;1-4H,5-6H2;1-8H2;5-6H,1-4H2;1-6H2;8-9H,1-4H2;2-5H2,1H3;2H,1H2;1-3H2;1H3/t;13-,14+;;7-,8+;;;5-,6-;;;;;;/m......0....../s1. The monoisotopic (exact) mass is 3600 g/mol. The number of carbonyl (C=O) groups excluding carboxylic acids is 3. The van der Waals surface area contributed by atoms with Gasteiger partial charge in [-0.15, -0.1) is 23.2 Å². The van der Waals surface area contributed by atoms with Crippen molar-refractivity contribution in [1.82, 2.24) is 4.90 Å². The molecular formula is C96H141Br18Cl2F3I5NO7. The Labute approximate surface area is 1020 Å². The highest BCUT2D eigenvalue weighted by Gasteiger charge is 2.37. The van der Waals surface area contributed by atoms with Crippen molar-refractivity contribution in [1.29, 1.82) is 0 Å². The summed E-state index contributed by atoms with van der Waals surface area (Å²) in [5.41, 5.74) is 8.49. The van der Waals surface area contributed by atoms with Gasteiger partial charge >= 0.3 is 18.1 Å². The first-order valence-corrected chi connectivity index (χ1v) is 71.8. The molecule has 0 amide bonds. The molecule has 1 fully saturated rings. The Morgan fingerprint density at radius 3 is 0.939 bits per heavy atom. The number of alkyl halides is 28. The van der Waals surface area contributed by atoms with Crippen LogP contribution in [-0.4, -0.2) is 181 Å². The van der Waals surface area contributed by atoms with E-state index in [2.05, 4.69) is 477 Å². The molecule has 0 radical (unpaired) electrons. The van der Waals surface area contributed by atoms with Crippen LogP contribution in [0.2, 0.25) is 0 Å². The highest BCUT2D eigenvalue weighted by atomic mass is 127. The van der Waals surface area contributed by atoms with Crippen LogP contribution in [0.25, 0.3) is 0 Å². The Balaban J connectivity index is -0.000000332. The third-order valence-corrected chi connectivity index (χ3v) is 40.2. The fourth-order valence-corrected chi connectivity index (χ4v) is 23.3. The Bertz CT molecular complexity index is 3120. The van der Waals surface area contributed by atoms with Crippen LogP contribution in [0.3, 0.4) is 0 Å². The number of aliphatic hydroxyl groups excluding tert-OH is 2. The molecule has 9 atom stereocenters. The topological polar surface area (TPSA) is 113 Å². The number of carbonyl (C=O) groups is 3. The van der Waals surface area contributed by atoms with Crippen molar-refractivity contribution in [3.05, 3.63) is 178 Å². The largest absolute Gasteiger partial charge is 0.465 e. The lowest BCUT2D eigenvalue weighted by Gasteiger charge is -2.23. The number of unbranched alkanes of at least 4 members (excludes halogenated alkanes) is 17. The lowest BCUT2D eigenvalue weighted by atomic mass is 9.97. The number of nitrogens with zero attached hydrogens (tertiary/aromatic N) is 1. The summed E-state index contributed by atoms with van der Waals surface area (Å²) in [6.07, 6.45) is 32.0. The van der Waals surface area contributed by atoms with Crippen LogP contribution in [0, 0.1) is 5.41 Å². The molecule has 3 unspecified atom stereocenters.